The van der Waals surface area contributed by atoms with Gasteiger partial charge in [-0.05, 0) is 25.3 Å². The quantitative estimate of drug-likeness (QED) is 0.862. The molecule has 1 aromatic rings. The van der Waals surface area contributed by atoms with Crippen molar-refractivity contribution < 1.29 is 8.42 Å². The molecule has 1 fully saturated rings. The van der Waals surface area contributed by atoms with Gasteiger partial charge in [0, 0.05) is 19.1 Å². The van der Waals surface area contributed by atoms with Crippen LogP contribution in [0.1, 0.15) is 37.8 Å². The van der Waals surface area contributed by atoms with E-state index in [4.69, 9.17) is 5.73 Å². The third-order valence-electron chi connectivity index (χ3n) is 3.78. The highest BCUT2D eigenvalue weighted by Crippen LogP contribution is 2.21. The lowest BCUT2D eigenvalue weighted by Gasteiger charge is -2.33. The number of rotatable bonds is 5. The normalized spacial score (nSPS) is 22.6. The van der Waals surface area contributed by atoms with Crippen molar-refractivity contribution >= 4 is 10.2 Å². The third-order valence-corrected chi connectivity index (χ3v) is 5.52. The Morgan fingerprint density at radius 1 is 1.35 bits per heavy atom. The minimum absolute atomic E-state index is 0.0513. The predicted octanol–water partition coefficient (Wildman–Crippen LogP) is 1.40. The number of benzene rings is 1. The Morgan fingerprint density at radius 3 is 2.65 bits per heavy atom. The molecule has 20 heavy (non-hydrogen) atoms. The molecule has 1 aliphatic rings. The largest absolute Gasteiger partial charge is 0.329 e. The van der Waals surface area contributed by atoms with Crippen LogP contribution in [0.25, 0.3) is 0 Å². The molecule has 0 saturated carbocycles. The second-order valence-electron chi connectivity index (χ2n) is 5.28. The molecular formula is C14H23N3O2S. The zero-order valence-corrected chi connectivity index (χ0v) is 12.6. The summed E-state index contributed by atoms with van der Waals surface area (Å²) in [6.07, 6.45) is 2.93. The molecule has 2 unspecified atom stereocenters. The monoisotopic (exact) mass is 297 g/mol. The lowest BCUT2D eigenvalue weighted by Crippen LogP contribution is -2.49. The fourth-order valence-corrected chi connectivity index (χ4v) is 4.29. The maximum Gasteiger partial charge on any atom is 0.280 e. The molecule has 0 radical (unpaired) electrons. The fraction of sp³-hybridized carbons (Fsp3) is 0.571. The van der Waals surface area contributed by atoms with Crippen LogP contribution in [-0.4, -0.2) is 31.9 Å². The van der Waals surface area contributed by atoms with Crippen LogP contribution in [0, 0.1) is 0 Å². The van der Waals surface area contributed by atoms with Crippen molar-refractivity contribution in [2.24, 2.45) is 5.73 Å². The van der Waals surface area contributed by atoms with Crippen LogP contribution in [0.4, 0.5) is 0 Å². The lowest BCUT2D eigenvalue weighted by molar-refractivity contribution is 0.264. The van der Waals surface area contributed by atoms with Crippen molar-refractivity contribution in [3.8, 4) is 0 Å². The molecule has 0 bridgehead atoms. The highest BCUT2D eigenvalue weighted by Gasteiger charge is 2.31. The van der Waals surface area contributed by atoms with Gasteiger partial charge in [0.15, 0.2) is 0 Å². The number of nitrogens with one attached hydrogen (secondary N) is 1. The molecule has 5 nitrogen and oxygen atoms in total. The van der Waals surface area contributed by atoms with E-state index >= 15 is 0 Å². The predicted molar refractivity (Wildman–Crippen MR) is 80.3 cm³/mol. The highest BCUT2D eigenvalue weighted by molar-refractivity contribution is 7.87. The SMILES string of the molecule is CC1CCCCN1S(=O)(=O)NC(CN)c1ccccc1. The van der Waals surface area contributed by atoms with Gasteiger partial charge in [0.25, 0.3) is 10.2 Å². The molecule has 0 aromatic heterocycles. The first-order valence-corrected chi connectivity index (χ1v) is 8.52. The number of nitrogens with zero attached hydrogens (tertiary/aromatic N) is 1. The standard InChI is InChI=1S/C14H23N3O2S/c1-12-7-5-6-10-17(12)20(18,19)16-14(11-15)13-8-3-2-4-9-13/h2-4,8-9,12,14,16H,5-7,10-11,15H2,1H3. The average Bonchev–Trinajstić information content (AvgIpc) is 2.46. The minimum Gasteiger partial charge on any atom is -0.329 e. The first-order valence-electron chi connectivity index (χ1n) is 7.08. The van der Waals surface area contributed by atoms with E-state index in [0.29, 0.717) is 6.54 Å². The van der Waals surface area contributed by atoms with Crippen LogP contribution < -0.4 is 10.5 Å². The van der Waals surface area contributed by atoms with Crippen molar-refractivity contribution in [2.45, 2.75) is 38.3 Å². The first-order chi connectivity index (χ1) is 9.54. The van der Waals surface area contributed by atoms with Gasteiger partial charge in [0.1, 0.15) is 0 Å². The zero-order valence-electron chi connectivity index (χ0n) is 11.8. The van der Waals surface area contributed by atoms with Gasteiger partial charge in [0.05, 0.1) is 6.04 Å². The summed E-state index contributed by atoms with van der Waals surface area (Å²) in [4.78, 5) is 0. The Labute approximate surface area is 121 Å². The van der Waals surface area contributed by atoms with Crippen LogP contribution in [-0.2, 0) is 10.2 Å². The van der Waals surface area contributed by atoms with Crippen LogP contribution in [0.15, 0.2) is 30.3 Å². The molecule has 1 saturated heterocycles. The van der Waals surface area contributed by atoms with E-state index in [2.05, 4.69) is 4.72 Å². The van der Waals surface area contributed by atoms with E-state index in [1.54, 1.807) is 4.31 Å². The average molecular weight is 297 g/mol. The van der Waals surface area contributed by atoms with E-state index < -0.39 is 10.2 Å². The van der Waals surface area contributed by atoms with Crippen molar-refractivity contribution in [3.05, 3.63) is 35.9 Å². The highest BCUT2D eigenvalue weighted by atomic mass is 32.2. The molecule has 1 aromatic carbocycles. The van der Waals surface area contributed by atoms with Gasteiger partial charge in [-0.25, -0.2) is 0 Å². The van der Waals surface area contributed by atoms with Gasteiger partial charge in [-0.15, -0.1) is 0 Å². The molecule has 0 amide bonds. The van der Waals surface area contributed by atoms with Gasteiger partial charge in [-0.3, -0.25) is 0 Å². The van der Waals surface area contributed by atoms with Crippen LogP contribution in [0.3, 0.4) is 0 Å². The second-order valence-corrected chi connectivity index (χ2v) is 6.93. The molecule has 1 heterocycles. The Balaban J connectivity index is 2.13. The van der Waals surface area contributed by atoms with E-state index in [1.807, 2.05) is 37.3 Å². The first kappa shape index (κ1) is 15.4. The van der Waals surface area contributed by atoms with Crippen molar-refractivity contribution in [2.75, 3.05) is 13.1 Å². The molecule has 0 aliphatic carbocycles. The van der Waals surface area contributed by atoms with Crippen molar-refractivity contribution in [1.29, 1.82) is 0 Å². The number of piperidine rings is 1. The summed E-state index contributed by atoms with van der Waals surface area (Å²) in [5.41, 5.74) is 6.62. The lowest BCUT2D eigenvalue weighted by atomic mass is 10.1. The van der Waals surface area contributed by atoms with E-state index in [-0.39, 0.29) is 18.6 Å². The molecule has 112 valence electrons. The fourth-order valence-electron chi connectivity index (χ4n) is 2.61. The van der Waals surface area contributed by atoms with Crippen molar-refractivity contribution in [1.82, 2.24) is 9.03 Å². The summed E-state index contributed by atoms with van der Waals surface area (Å²) in [6.45, 7) is 2.78. The number of nitrogens with two attached hydrogens (primary N) is 1. The Kier molecular flexibility index (Phi) is 5.15. The summed E-state index contributed by atoms with van der Waals surface area (Å²) in [7, 11) is -3.49. The maximum atomic E-state index is 12.5. The molecule has 3 N–H and O–H groups in total. The van der Waals surface area contributed by atoms with Gasteiger partial charge in [-0.2, -0.15) is 17.4 Å². The summed E-state index contributed by atoms with van der Waals surface area (Å²) in [5, 5.41) is 0. The molecule has 6 heteroatoms. The topological polar surface area (TPSA) is 75.4 Å². The van der Waals surface area contributed by atoms with E-state index in [1.165, 1.54) is 0 Å². The zero-order chi connectivity index (χ0) is 14.6. The van der Waals surface area contributed by atoms with Gasteiger partial charge in [-0.1, -0.05) is 36.8 Å². The smallest absolute Gasteiger partial charge is 0.280 e. The van der Waals surface area contributed by atoms with Crippen LogP contribution >= 0.6 is 0 Å². The Hall–Kier alpha value is -0.950. The minimum atomic E-state index is -3.49. The molecule has 0 spiro atoms. The number of hydrogen-bond donors (Lipinski definition) is 2. The van der Waals surface area contributed by atoms with E-state index in [0.717, 1.165) is 24.8 Å². The number of hydrogen-bond acceptors (Lipinski definition) is 3. The summed E-state index contributed by atoms with van der Waals surface area (Å²) in [6, 6.07) is 9.12. The van der Waals surface area contributed by atoms with Gasteiger partial charge >= 0.3 is 0 Å². The summed E-state index contributed by atoms with van der Waals surface area (Å²) >= 11 is 0. The van der Waals surface area contributed by atoms with E-state index in [9.17, 15) is 8.42 Å². The summed E-state index contributed by atoms with van der Waals surface area (Å²) in [5.74, 6) is 0. The molecular weight excluding hydrogens is 274 g/mol. The molecule has 2 atom stereocenters. The van der Waals surface area contributed by atoms with Gasteiger partial charge in [0.2, 0.25) is 0 Å². The Morgan fingerprint density at radius 2 is 2.05 bits per heavy atom. The molecule has 1 aliphatic heterocycles. The van der Waals surface area contributed by atoms with Gasteiger partial charge < -0.3 is 5.73 Å². The molecule has 2 rings (SSSR count). The van der Waals surface area contributed by atoms with Crippen LogP contribution in [0.5, 0.6) is 0 Å². The van der Waals surface area contributed by atoms with Crippen molar-refractivity contribution in [3.63, 3.8) is 0 Å². The third kappa shape index (κ3) is 3.58. The van der Waals surface area contributed by atoms with Crippen LogP contribution in [0.2, 0.25) is 0 Å². The Bertz CT molecular complexity index is 518. The summed E-state index contributed by atoms with van der Waals surface area (Å²) < 4.78 is 29.3. The maximum absolute atomic E-state index is 12.5. The second kappa shape index (κ2) is 6.67.